The van der Waals surface area contributed by atoms with Gasteiger partial charge in [0.25, 0.3) is 11.7 Å². The van der Waals surface area contributed by atoms with E-state index in [0.717, 1.165) is 19.6 Å². The average molecular weight is 547 g/mol. The number of carbonyl (C=O) groups excluding carboxylic acids is 2. The molecule has 1 unspecified atom stereocenters. The van der Waals surface area contributed by atoms with E-state index in [1.807, 2.05) is 0 Å². The van der Waals surface area contributed by atoms with Crippen molar-refractivity contribution in [1.82, 2.24) is 9.80 Å². The first-order valence-corrected chi connectivity index (χ1v) is 12.3. The molecule has 1 atom stereocenters. The Kier molecular flexibility index (Phi) is 8.80. The van der Waals surface area contributed by atoms with Crippen LogP contribution in [0.2, 0.25) is 0 Å². The molecule has 188 valence electrons. The Bertz CT molecular complexity index is 1130. The summed E-state index contributed by atoms with van der Waals surface area (Å²) in [5.74, 6) is -1.20. The summed E-state index contributed by atoms with van der Waals surface area (Å²) in [6.07, 6.45) is 0.653. The van der Waals surface area contributed by atoms with Crippen molar-refractivity contribution in [1.29, 1.82) is 0 Å². The first-order chi connectivity index (χ1) is 16.8. The van der Waals surface area contributed by atoms with Gasteiger partial charge in [-0.05, 0) is 62.0 Å². The van der Waals surface area contributed by atoms with Crippen LogP contribution in [0.4, 0.5) is 0 Å². The molecule has 0 aliphatic carbocycles. The number of ether oxygens (including phenoxy) is 2. The van der Waals surface area contributed by atoms with Crippen molar-refractivity contribution in [2.45, 2.75) is 26.3 Å². The van der Waals surface area contributed by atoms with Gasteiger partial charge >= 0.3 is 0 Å². The molecule has 1 heterocycles. The SMILES string of the molecule is CCN(CC)CCCN1C(=O)C(=O)/C(=C(/O)c2cc(Br)ccc2O)C1c1ccc(OC)c(OC)c1. The minimum absolute atomic E-state index is 0.0611. The van der Waals surface area contributed by atoms with Crippen molar-refractivity contribution < 1.29 is 29.3 Å². The number of likely N-dealkylation sites (tertiary alicyclic amines) is 1. The third-order valence-electron chi connectivity index (χ3n) is 6.24. The van der Waals surface area contributed by atoms with Crippen LogP contribution in [-0.4, -0.2) is 72.1 Å². The van der Waals surface area contributed by atoms with Gasteiger partial charge in [0.1, 0.15) is 11.5 Å². The van der Waals surface area contributed by atoms with E-state index in [4.69, 9.17) is 9.47 Å². The van der Waals surface area contributed by atoms with E-state index >= 15 is 0 Å². The zero-order valence-corrected chi connectivity index (χ0v) is 22.0. The summed E-state index contributed by atoms with van der Waals surface area (Å²) in [6.45, 7) is 7.00. The number of aliphatic hydroxyl groups excluding tert-OH is 1. The predicted molar refractivity (Wildman–Crippen MR) is 137 cm³/mol. The molecule has 1 aliphatic rings. The fourth-order valence-corrected chi connectivity index (χ4v) is 4.69. The van der Waals surface area contributed by atoms with E-state index in [-0.39, 0.29) is 16.9 Å². The molecule has 9 heteroatoms. The number of hydrogen-bond acceptors (Lipinski definition) is 7. The van der Waals surface area contributed by atoms with Gasteiger partial charge in [0.15, 0.2) is 11.5 Å². The molecule has 0 spiro atoms. The van der Waals surface area contributed by atoms with Crippen LogP contribution >= 0.6 is 15.9 Å². The van der Waals surface area contributed by atoms with Crippen LogP contribution in [0.1, 0.15) is 37.4 Å². The molecule has 2 N–H and O–H groups in total. The first-order valence-electron chi connectivity index (χ1n) is 11.5. The molecule has 1 aliphatic heterocycles. The lowest BCUT2D eigenvalue weighted by Crippen LogP contribution is -2.33. The number of phenols is 1. The second-order valence-electron chi connectivity index (χ2n) is 8.15. The number of carbonyl (C=O) groups is 2. The van der Waals surface area contributed by atoms with Gasteiger partial charge in [-0.2, -0.15) is 0 Å². The lowest BCUT2D eigenvalue weighted by Gasteiger charge is -2.27. The fraction of sp³-hybridized carbons (Fsp3) is 0.385. The molecule has 1 amide bonds. The van der Waals surface area contributed by atoms with Crippen molar-refractivity contribution >= 4 is 33.4 Å². The van der Waals surface area contributed by atoms with Gasteiger partial charge in [-0.25, -0.2) is 0 Å². The number of aliphatic hydroxyl groups is 1. The maximum atomic E-state index is 13.2. The Morgan fingerprint density at radius 1 is 1.06 bits per heavy atom. The number of ketones is 1. The van der Waals surface area contributed by atoms with Gasteiger partial charge in [0.05, 0.1) is 31.4 Å². The molecule has 0 bridgehead atoms. The second kappa shape index (κ2) is 11.6. The molecule has 1 fully saturated rings. The number of aromatic hydroxyl groups is 1. The van der Waals surface area contributed by atoms with Crippen LogP contribution in [0.25, 0.3) is 5.76 Å². The van der Waals surface area contributed by atoms with Gasteiger partial charge in [0, 0.05) is 11.0 Å². The maximum Gasteiger partial charge on any atom is 0.295 e. The Balaban J connectivity index is 2.13. The number of benzene rings is 2. The van der Waals surface area contributed by atoms with Crippen molar-refractivity contribution in [3.63, 3.8) is 0 Å². The Labute approximate surface area is 213 Å². The molecule has 2 aromatic rings. The third kappa shape index (κ3) is 5.46. The summed E-state index contributed by atoms with van der Waals surface area (Å²) < 4.78 is 11.4. The number of rotatable bonds is 10. The highest BCUT2D eigenvalue weighted by Gasteiger charge is 2.46. The number of hydrogen-bond donors (Lipinski definition) is 2. The van der Waals surface area contributed by atoms with E-state index in [0.29, 0.717) is 34.5 Å². The summed E-state index contributed by atoms with van der Waals surface area (Å²) in [6, 6.07) is 8.80. The standard InChI is InChI=1S/C26H31BrN2O6/c1-5-28(6-2)12-7-13-29-23(16-8-11-20(34-3)21(14-16)35-4)22(25(32)26(29)33)24(31)18-15-17(27)9-10-19(18)30/h8-11,14-15,23,30-31H,5-7,12-13H2,1-4H3/b24-22+. The normalized spacial score (nSPS) is 17.3. The van der Waals surface area contributed by atoms with Crippen molar-refractivity contribution in [3.05, 3.63) is 57.6 Å². The van der Waals surface area contributed by atoms with Crippen LogP contribution in [0.5, 0.6) is 17.2 Å². The van der Waals surface area contributed by atoms with Crippen LogP contribution in [-0.2, 0) is 9.59 Å². The summed E-state index contributed by atoms with van der Waals surface area (Å²) in [4.78, 5) is 30.1. The molecule has 0 radical (unpaired) electrons. The molecule has 0 saturated carbocycles. The van der Waals surface area contributed by atoms with Gasteiger partial charge in [-0.1, -0.05) is 35.8 Å². The molecule has 2 aromatic carbocycles. The number of amides is 1. The molecular weight excluding hydrogens is 516 g/mol. The average Bonchev–Trinajstić information content (AvgIpc) is 3.12. The lowest BCUT2D eigenvalue weighted by molar-refractivity contribution is -0.140. The monoisotopic (exact) mass is 546 g/mol. The molecule has 8 nitrogen and oxygen atoms in total. The van der Waals surface area contributed by atoms with E-state index < -0.39 is 23.5 Å². The summed E-state index contributed by atoms with van der Waals surface area (Å²) in [5, 5.41) is 21.6. The largest absolute Gasteiger partial charge is 0.507 e. The molecular formula is C26H31BrN2O6. The smallest absolute Gasteiger partial charge is 0.295 e. The predicted octanol–water partition coefficient (Wildman–Crippen LogP) is 4.33. The minimum Gasteiger partial charge on any atom is -0.507 e. The summed E-state index contributed by atoms with van der Waals surface area (Å²) in [5.41, 5.74) is 0.560. The Hall–Kier alpha value is -3.04. The topological polar surface area (TPSA) is 99.5 Å². The lowest BCUT2D eigenvalue weighted by atomic mass is 9.94. The second-order valence-corrected chi connectivity index (χ2v) is 9.06. The van der Waals surface area contributed by atoms with E-state index in [1.165, 1.54) is 31.3 Å². The minimum atomic E-state index is -0.857. The van der Waals surface area contributed by atoms with E-state index in [2.05, 4.69) is 34.7 Å². The number of nitrogens with zero attached hydrogens (tertiary/aromatic N) is 2. The fourth-order valence-electron chi connectivity index (χ4n) is 4.33. The first kappa shape index (κ1) is 26.6. The number of phenolic OH excluding ortho intramolecular Hbond substituents is 1. The van der Waals surface area contributed by atoms with E-state index in [1.54, 1.807) is 24.3 Å². The van der Waals surface area contributed by atoms with Crippen LogP contribution in [0, 0.1) is 0 Å². The van der Waals surface area contributed by atoms with Gasteiger partial charge in [-0.3, -0.25) is 9.59 Å². The van der Waals surface area contributed by atoms with E-state index in [9.17, 15) is 19.8 Å². The van der Waals surface area contributed by atoms with Crippen molar-refractivity contribution in [2.24, 2.45) is 0 Å². The number of Topliss-reactive ketones (excluding diaryl/α,β-unsaturated/α-hetero) is 1. The van der Waals surface area contributed by atoms with Crippen molar-refractivity contribution in [2.75, 3.05) is 40.4 Å². The zero-order chi connectivity index (χ0) is 25.7. The van der Waals surface area contributed by atoms with Gasteiger partial charge in [0.2, 0.25) is 0 Å². The van der Waals surface area contributed by atoms with Gasteiger partial charge < -0.3 is 29.5 Å². The summed E-state index contributed by atoms with van der Waals surface area (Å²) in [7, 11) is 3.02. The van der Waals surface area contributed by atoms with Crippen LogP contribution < -0.4 is 9.47 Å². The Morgan fingerprint density at radius 2 is 1.74 bits per heavy atom. The summed E-state index contributed by atoms with van der Waals surface area (Å²) >= 11 is 3.33. The molecule has 35 heavy (non-hydrogen) atoms. The molecule has 1 saturated heterocycles. The van der Waals surface area contributed by atoms with Gasteiger partial charge in [-0.15, -0.1) is 0 Å². The molecule has 3 rings (SSSR count). The quantitative estimate of drug-likeness (QED) is 0.260. The molecule has 0 aromatic heterocycles. The zero-order valence-electron chi connectivity index (χ0n) is 20.4. The number of halogens is 1. The highest BCUT2D eigenvalue weighted by atomic mass is 79.9. The third-order valence-corrected chi connectivity index (χ3v) is 6.74. The van der Waals surface area contributed by atoms with Crippen molar-refractivity contribution in [3.8, 4) is 17.2 Å². The van der Waals surface area contributed by atoms with Crippen LogP contribution in [0.3, 0.4) is 0 Å². The number of methoxy groups -OCH3 is 2. The van der Waals surface area contributed by atoms with Crippen LogP contribution in [0.15, 0.2) is 46.4 Å². The Morgan fingerprint density at radius 3 is 2.37 bits per heavy atom. The highest BCUT2D eigenvalue weighted by Crippen LogP contribution is 2.43. The maximum absolute atomic E-state index is 13.2. The highest BCUT2D eigenvalue weighted by molar-refractivity contribution is 9.10.